The first-order valence-electron chi connectivity index (χ1n) is 34.3. The number of aromatic nitrogens is 1. The van der Waals surface area contributed by atoms with Crippen LogP contribution in [0.1, 0.15) is 199 Å². The lowest BCUT2D eigenvalue weighted by Crippen LogP contribution is -2.51. The van der Waals surface area contributed by atoms with Gasteiger partial charge in [-0.1, -0.05) is 138 Å². The molecule has 0 fully saturated rings. The van der Waals surface area contributed by atoms with Crippen molar-refractivity contribution in [1.82, 2.24) is 35.6 Å². The van der Waals surface area contributed by atoms with E-state index in [0.29, 0.717) is 93.6 Å². The highest BCUT2D eigenvalue weighted by Gasteiger charge is 2.41. The number of ether oxygens (including phenoxy) is 2. The van der Waals surface area contributed by atoms with Crippen LogP contribution in [0, 0.1) is 41.4 Å². The molecule has 23 nitrogen and oxygen atoms in total. The van der Waals surface area contributed by atoms with E-state index in [-0.39, 0.29) is 122 Å². The summed E-state index contributed by atoms with van der Waals surface area (Å²) < 4.78 is 12.3. The Labute approximate surface area is 571 Å². The second-order valence-corrected chi connectivity index (χ2v) is 27.1. The number of nitrogens with one attached hydrogen (secondary N) is 4. The number of carboxylic acid groups (broad SMARTS) is 1. The minimum Gasteiger partial charge on any atom is -0.481 e. The first-order valence-corrected chi connectivity index (χ1v) is 35.2. The average molecular weight is 1350 g/mol. The molecule has 2 heterocycles. The number of thiazole rings is 1. The number of amides is 9. The monoisotopic (exact) mass is 1350 g/mol. The van der Waals surface area contributed by atoms with Gasteiger partial charge in [-0.15, -0.1) is 11.3 Å². The Morgan fingerprint density at radius 1 is 0.750 bits per heavy atom. The average Bonchev–Trinajstić information content (AvgIpc) is 1.12. The number of nitrogens with two attached hydrogens (primary N) is 1. The minimum absolute atomic E-state index is 0.0671. The van der Waals surface area contributed by atoms with Crippen LogP contribution in [0.25, 0.3) is 0 Å². The van der Waals surface area contributed by atoms with Gasteiger partial charge in [0.25, 0.3) is 17.7 Å². The second kappa shape index (κ2) is 41.3. The van der Waals surface area contributed by atoms with Crippen molar-refractivity contribution in [1.29, 1.82) is 0 Å². The number of benzene rings is 2. The molecule has 0 aliphatic carbocycles. The van der Waals surface area contributed by atoms with Gasteiger partial charge in [-0.2, -0.15) is 0 Å². The maximum atomic E-state index is 15.4. The summed E-state index contributed by atoms with van der Waals surface area (Å²) in [5, 5.41) is 23.3. The van der Waals surface area contributed by atoms with Crippen LogP contribution >= 0.6 is 11.3 Å². The lowest BCUT2D eigenvalue weighted by atomic mass is 9.81. The van der Waals surface area contributed by atoms with E-state index in [1.165, 1.54) is 35.4 Å². The van der Waals surface area contributed by atoms with E-state index in [9.17, 15) is 53.1 Å². The van der Waals surface area contributed by atoms with Crippen molar-refractivity contribution in [3.63, 3.8) is 0 Å². The molecule has 1 aliphatic rings. The number of imide groups is 1. The van der Waals surface area contributed by atoms with Gasteiger partial charge in [0.15, 0.2) is 11.6 Å². The Morgan fingerprint density at radius 2 is 1.42 bits per heavy atom. The zero-order valence-electron chi connectivity index (χ0n) is 58.5. The number of Topliss-reactive ketones (excluding diaryl/α,β-unsaturated/α-hetero) is 2. The van der Waals surface area contributed by atoms with E-state index in [1.807, 2.05) is 90.6 Å². The molecule has 0 spiro atoms. The van der Waals surface area contributed by atoms with Crippen LogP contribution in [0.3, 0.4) is 0 Å². The van der Waals surface area contributed by atoms with Crippen molar-refractivity contribution in [3.8, 4) is 0 Å². The maximum Gasteiger partial charge on any atom is 0.410 e. The van der Waals surface area contributed by atoms with Crippen LogP contribution in [0.5, 0.6) is 0 Å². The number of carbonyl (C=O) groups excluding carboxylic acids is 10. The number of aliphatic carboxylic acids is 1. The van der Waals surface area contributed by atoms with Gasteiger partial charge in [0.2, 0.25) is 17.7 Å². The standard InChI is InChI=1S/C72H107N9O14S/c1-13-35-80(57(45(5)6)42-60(94-37-14-2)68-77-56(44-96-68)67(88)76-54(38-49(11)70(90)91)39-50-24-19-17-20-25-50)69(89)55(47(9)15-3)41-59(83)65(48(10)16-4)79(12)72(93)95-43-51-28-30-53(31-29-51)75-66(87)52(26-23-34-74-71(73)92)40-58(82)64(46(7)8)78-61(84)27-21-18-22-36-81-62(85)32-33-63(81)86/h17,19-20,24-25,28-33,44-49,52,54-55,57,60,64-65H,13-16,18,21-23,26-27,34-43H2,1-12H3,(H,75,87)(H,76,88)(H,78,84)(H,90,91)(H3,73,74,92)/t47-,48-,49-,52+,54+,55-,57+,60+,64-,65-/m0/s1. The van der Waals surface area contributed by atoms with E-state index in [1.54, 1.807) is 50.4 Å². The molecule has 96 heavy (non-hydrogen) atoms. The number of urea groups is 1. The van der Waals surface area contributed by atoms with Crippen LogP contribution in [-0.4, -0.2) is 147 Å². The van der Waals surface area contributed by atoms with Crippen molar-refractivity contribution in [3.05, 3.63) is 94.0 Å². The first kappa shape index (κ1) is 80.6. The van der Waals surface area contributed by atoms with E-state index in [4.69, 9.17) is 20.2 Å². The highest BCUT2D eigenvalue weighted by atomic mass is 32.1. The Kier molecular flexibility index (Phi) is 34.7. The molecule has 10 atom stereocenters. The van der Waals surface area contributed by atoms with Crippen molar-refractivity contribution in [2.24, 2.45) is 47.2 Å². The number of ketones is 2. The van der Waals surface area contributed by atoms with Crippen molar-refractivity contribution in [2.45, 2.75) is 209 Å². The third kappa shape index (κ3) is 25.9. The second-order valence-electron chi connectivity index (χ2n) is 26.3. The Hall–Kier alpha value is -7.86. The number of carbonyl (C=O) groups is 11. The number of hydrogen-bond donors (Lipinski definition) is 6. The number of nitrogens with zero attached hydrogens (tertiary/aromatic N) is 4. The molecule has 0 unspecified atom stereocenters. The molecule has 1 aliphatic heterocycles. The van der Waals surface area contributed by atoms with E-state index in [0.717, 1.165) is 10.5 Å². The first-order chi connectivity index (χ1) is 45.6. The quantitative estimate of drug-likeness (QED) is 0.0226. The molecule has 24 heteroatoms. The molecule has 9 amide bonds. The maximum absolute atomic E-state index is 15.4. The van der Waals surface area contributed by atoms with E-state index in [2.05, 4.69) is 21.3 Å². The van der Waals surface area contributed by atoms with Crippen molar-refractivity contribution >= 4 is 82.1 Å². The summed E-state index contributed by atoms with van der Waals surface area (Å²) in [6.07, 6.45) is 6.49. The molecular weight excluding hydrogens is 1250 g/mol. The van der Waals surface area contributed by atoms with Crippen molar-refractivity contribution < 1.29 is 67.3 Å². The summed E-state index contributed by atoms with van der Waals surface area (Å²) in [5.74, 6) is -6.90. The van der Waals surface area contributed by atoms with Gasteiger partial charge in [-0.3, -0.25) is 48.1 Å². The zero-order chi connectivity index (χ0) is 71.2. The summed E-state index contributed by atoms with van der Waals surface area (Å²) in [5.41, 5.74) is 7.38. The number of hydrogen-bond acceptors (Lipinski definition) is 15. The fourth-order valence-electron chi connectivity index (χ4n) is 11.9. The highest BCUT2D eigenvalue weighted by Crippen LogP contribution is 2.34. The molecule has 2 aromatic carbocycles. The minimum atomic E-state index is -0.954. The normalized spacial score (nSPS) is 15.3. The smallest absolute Gasteiger partial charge is 0.410 e. The Balaban J connectivity index is 1.45. The number of primary amides is 1. The van der Waals surface area contributed by atoms with Crippen LogP contribution < -0.4 is 27.0 Å². The van der Waals surface area contributed by atoms with Crippen LogP contribution in [0.15, 0.2) is 72.1 Å². The Bertz CT molecular complexity index is 3050. The topological polar surface area (TPSA) is 323 Å². The largest absolute Gasteiger partial charge is 0.481 e. The fraction of sp³-hybridized carbons (Fsp3) is 0.611. The third-order valence-corrected chi connectivity index (χ3v) is 18.8. The van der Waals surface area contributed by atoms with Gasteiger partial charge in [0.05, 0.1) is 18.0 Å². The fourth-order valence-corrected chi connectivity index (χ4v) is 12.7. The van der Waals surface area contributed by atoms with Crippen LogP contribution in [0.2, 0.25) is 0 Å². The number of anilines is 1. The van der Waals surface area contributed by atoms with E-state index >= 15 is 4.79 Å². The molecular formula is C72H107N9O14S. The summed E-state index contributed by atoms with van der Waals surface area (Å²) in [6.45, 7) is 22.1. The third-order valence-electron chi connectivity index (χ3n) is 17.9. The van der Waals surface area contributed by atoms with Gasteiger partial charge in [-0.05, 0) is 98.3 Å². The molecule has 530 valence electrons. The summed E-state index contributed by atoms with van der Waals surface area (Å²) in [4.78, 5) is 155. The molecule has 0 radical (unpaired) electrons. The highest BCUT2D eigenvalue weighted by molar-refractivity contribution is 7.09. The molecule has 0 bridgehead atoms. The molecule has 7 N–H and O–H groups in total. The molecule has 0 saturated carbocycles. The van der Waals surface area contributed by atoms with E-state index < -0.39 is 71.9 Å². The molecule has 3 aromatic rings. The lowest BCUT2D eigenvalue weighted by Gasteiger charge is -2.40. The SMILES string of the molecule is CCCO[C@H](C[C@H](C(C)C)N(CCC)C(=O)[C@@H](CC(=O)[C@H]([C@@H](C)CC)N(C)C(=O)OCc1ccc(NC(=O)[C@H](CCCNC(N)=O)CC(=O)[C@@H](NC(=O)CCCCCN2C(=O)C=CC2=O)C(C)C)cc1)[C@@H](C)CC)c1nc(C(=O)N[C@@H](Cc2ccccc2)C[C@H](C)C(=O)O)cs1. The predicted molar refractivity (Wildman–Crippen MR) is 369 cm³/mol. The van der Waals surface area contributed by atoms with Gasteiger partial charge < -0.3 is 51.4 Å². The number of carboxylic acids is 1. The van der Waals surface area contributed by atoms with Crippen molar-refractivity contribution in [2.75, 3.05) is 38.6 Å². The van der Waals surface area contributed by atoms with Gasteiger partial charge in [0, 0.05) is 106 Å². The summed E-state index contributed by atoms with van der Waals surface area (Å²) >= 11 is 1.29. The Morgan fingerprint density at radius 3 is 2.01 bits per heavy atom. The number of likely N-dealkylation sites (N-methyl/N-ethyl adjacent to an activating group) is 1. The molecule has 4 rings (SSSR count). The van der Waals surface area contributed by atoms with Gasteiger partial charge in [-0.25, -0.2) is 14.6 Å². The summed E-state index contributed by atoms with van der Waals surface area (Å²) in [6, 6.07) is 12.8. The van der Waals surface area contributed by atoms with Gasteiger partial charge >= 0.3 is 18.1 Å². The predicted octanol–water partition coefficient (Wildman–Crippen LogP) is 10.6. The number of unbranched alkanes of at least 4 members (excludes halogenated alkanes) is 2. The van der Waals surface area contributed by atoms with Crippen LogP contribution in [-0.2, 0) is 60.9 Å². The molecule has 0 saturated heterocycles. The lowest BCUT2D eigenvalue weighted by molar-refractivity contribution is -0.145. The van der Waals surface area contributed by atoms with Gasteiger partial charge in [0.1, 0.15) is 23.4 Å². The number of rotatable bonds is 45. The van der Waals surface area contributed by atoms with Crippen LogP contribution in [0.4, 0.5) is 15.3 Å². The summed E-state index contributed by atoms with van der Waals surface area (Å²) in [7, 11) is 1.52. The molecule has 1 aromatic heterocycles. The zero-order valence-corrected chi connectivity index (χ0v) is 59.3.